The van der Waals surface area contributed by atoms with Crippen molar-refractivity contribution in [1.82, 2.24) is 4.31 Å². The van der Waals surface area contributed by atoms with Crippen LogP contribution in [0.3, 0.4) is 0 Å². The van der Waals surface area contributed by atoms with E-state index in [1.54, 1.807) is 11.4 Å². The van der Waals surface area contributed by atoms with Gasteiger partial charge in [-0.25, -0.2) is 12.7 Å². The molecule has 2 atom stereocenters. The maximum absolute atomic E-state index is 11.9. The first-order chi connectivity index (χ1) is 7.47. The molecule has 0 aliphatic carbocycles. The maximum Gasteiger partial charge on any atom is 0.214 e. The molecule has 1 aliphatic rings. The second-order valence-corrected chi connectivity index (χ2v) is 6.54. The zero-order valence-corrected chi connectivity index (χ0v) is 10.9. The van der Waals surface area contributed by atoms with Gasteiger partial charge in [0.2, 0.25) is 10.0 Å². The first kappa shape index (κ1) is 13.9. The van der Waals surface area contributed by atoms with Crippen LogP contribution in [0.25, 0.3) is 0 Å². The Labute approximate surface area is 98.0 Å². The number of hydrogen-bond acceptors (Lipinski definition) is 4. The van der Waals surface area contributed by atoms with Gasteiger partial charge in [-0.2, -0.15) is 0 Å². The van der Waals surface area contributed by atoms with E-state index in [0.29, 0.717) is 26.1 Å². The van der Waals surface area contributed by atoms with E-state index in [4.69, 9.17) is 10.5 Å². The Balaban J connectivity index is 2.49. The zero-order chi connectivity index (χ0) is 12.2. The molecule has 0 spiro atoms. The van der Waals surface area contributed by atoms with Crippen molar-refractivity contribution in [2.75, 3.05) is 32.6 Å². The molecule has 2 N–H and O–H groups in total. The molecule has 6 heteroatoms. The SMILES string of the molecule is COCCCS(=O)(=O)N1CCC(N)C(C)C1. The second kappa shape index (κ2) is 5.95. The normalized spacial score (nSPS) is 28.2. The third-order valence-electron chi connectivity index (χ3n) is 3.08. The van der Waals surface area contributed by atoms with E-state index in [0.717, 1.165) is 6.42 Å². The minimum Gasteiger partial charge on any atom is -0.385 e. The molecule has 0 aromatic rings. The summed E-state index contributed by atoms with van der Waals surface area (Å²) < 4.78 is 30.3. The number of sulfonamides is 1. The van der Waals surface area contributed by atoms with Crippen LogP contribution in [0.4, 0.5) is 0 Å². The van der Waals surface area contributed by atoms with Gasteiger partial charge in [0.05, 0.1) is 5.75 Å². The highest BCUT2D eigenvalue weighted by molar-refractivity contribution is 7.89. The van der Waals surface area contributed by atoms with E-state index < -0.39 is 10.0 Å². The fourth-order valence-corrected chi connectivity index (χ4v) is 3.48. The predicted molar refractivity (Wildman–Crippen MR) is 63.6 cm³/mol. The molecule has 0 aromatic carbocycles. The maximum atomic E-state index is 11.9. The van der Waals surface area contributed by atoms with Crippen molar-refractivity contribution >= 4 is 10.0 Å². The van der Waals surface area contributed by atoms with Crippen LogP contribution >= 0.6 is 0 Å². The number of rotatable bonds is 5. The van der Waals surface area contributed by atoms with Crippen LogP contribution in [0.1, 0.15) is 19.8 Å². The van der Waals surface area contributed by atoms with E-state index in [1.165, 1.54) is 0 Å². The first-order valence-electron chi connectivity index (χ1n) is 5.69. The highest BCUT2D eigenvalue weighted by atomic mass is 32.2. The zero-order valence-electron chi connectivity index (χ0n) is 10.1. The lowest BCUT2D eigenvalue weighted by atomic mass is 9.96. The van der Waals surface area contributed by atoms with Gasteiger partial charge < -0.3 is 10.5 Å². The lowest BCUT2D eigenvalue weighted by Gasteiger charge is -2.34. The topological polar surface area (TPSA) is 72.6 Å². The number of piperidine rings is 1. The summed E-state index contributed by atoms with van der Waals surface area (Å²) in [5, 5.41) is 0. The smallest absolute Gasteiger partial charge is 0.214 e. The van der Waals surface area contributed by atoms with E-state index in [9.17, 15) is 8.42 Å². The van der Waals surface area contributed by atoms with Crippen molar-refractivity contribution in [3.8, 4) is 0 Å². The summed E-state index contributed by atoms with van der Waals surface area (Å²) in [4.78, 5) is 0. The van der Waals surface area contributed by atoms with Gasteiger partial charge in [0.1, 0.15) is 0 Å². The predicted octanol–water partition coefficient (Wildman–Crippen LogP) is 0.0218. The molecular formula is C10H22N2O3S. The highest BCUT2D eigenvalue weighted by Gasteiger charge is 2.30. The summed E-state index contributed by atoms with van der Waals surface area (Å²) >= 11 is 0. The molecule has 1 heterocycles. The van der Waals surface area contributed by atoms with Crippen LogP contribution in [-0.4, -0.2) is 51.3 Å². The van der Waals surface area contributed by atoms with Crippen LogP contribution in [-0.2, 0) is 14.8 Å². The summed E-state index contributed by atoms with van der Waals surface area (Å²) in [5.41, 5.74) is 5.86. The molecule has 0 aromatic heterocycles. The molecule has 16 heavy (non-hydrogen) atoms. The summed E-state index contributed by atoms with van der Waals surface area (Å²) in [5.74, 6) is 0.411. The molecule has 1 aliphatic heterocycles. The monoisotopic (exact) mass is 250 g/mol. The summed E-state index contributed by atoms with van der Waals surface area (Å²) in [6, 6.07) is 0.130. The average Bonchev–Trinajstić information content (AvgIpc) is 2.22. The quantitative estimate of drug-likeness (QED) is 0.698. The Bertz CT molecular complexity index is 305. The molecule has 96 valence electrons. The Morgan fingerprint density at radius 2 is 2.19 bits per heavy atom. The molecule has 0 saturated carbocycles. The molecule has 2 unspecified atom stereocenters. The Morgan fingerprint density at radius 1 is 1.50 bits per heavy atom. The number of ether oxygens (including phenoxy) is 1. The molecule has 1 rings (SSSR count). The summed E-state index contributed by atoms with van der Waals surface area (Å²) in [6.45, 7) is 3.60. The molecular weight excluding hydrogens is 228 g/mol. The van der Waals surface area contributed by atoms with Gasteiger partial charge in [0.25, 0.3) is 0 Å². The summed E-state index contributed by atoms with van der Waals surface area (Å²) in [6.07, 6.45) is 1.31. The summed E-state index contributed by atoms with van der Waals surface area (Å²) in [7, 11) is -1.54. The van der Waals surface area contributed by atoms with Crippen molar-refractivity contribution < 1.29 is 13.2 Å². The van der Waals surface area contributed by atoms with Gasteiger partial charge in [-0.15, -0.1) is 0 Å². The van der Waals surface area contributed by atoms with Gasteiger partial charge in [0.15, 0.2) is 0 Å². The van der Waals surface area contributed by atoms with E-state index in [-0.39, 0.29) is 17.7 Å². The Morgan fingerprint density at radius 3 is 2.75 bits per heavy atom. The lowest BCUT2D eigenvalue weighted by Crippen LogP contribution is -2.48. The third-order valence-corrected chi connectivity index (χ3v) is 5.00. The minimum absolute atomic E-state index is 0.130. The number of hydrogen-bond donors (Lipinski definition) is 1. The third kappa shape index (κ3) is 3.69. The van der Waals surface area contributed by atoms with Gasteiger partial charge in [-0.1, -0.05) is 6.92 Å². The van der Waals surface area contributed by atoms with Gasteiger partial charge in [-0.05, 0) is 18.8 Å². The van der Waals surface area contributed by atoms with Crippen LogP contribution < -0.4 is 5.73 Å². The Kier molecular flexibility index (Phi) is 5.17. The fraction of sp³-hybridized carbons (Fsp3) is 1.00. The number of nitrogens with zero attached hydrogens (tertiary/aromatic N) is 1. The van der Waals surface area contributed by atoms with Crippen molar-refractivity contribution in [3.05, 3.63) is 0 Å². The van der Waals surface area contributed by atoms with E-state index in [1.807, 2.05) is 6.92 Å². The molecule has 0 radical (unpaired) electrons. The molecule has 0 amide bonds. The second-order valence-electron chi connectivity index (χ2n) is 4.45. The van der Waals surface area contributed by atoms with Gasteiger partial charge in [-0.3, -0.25) is 0 Å². The molecule has 0 bridgehead atoms. The van der Waals surface area contributed by atoms with E-state index in [2.05, 4.69) is 0 Å². The van der Waals surface area contributed by atoms with Crippen LogP contribution in [0, 0.1) is 5.92 Å². The fourth-order valence-electron chi connectivity index (χ4n) is 1.89. The van der Waals surface area contributed by atoms with Crippen LogP contribution in [0.5, 0.6) is 0 Å². The van der Waals surface area contributed by atoms with Crippen molar-refractivity contribution in [3.63, 3.8) is 0 Å². The van der Waals surface area contributed by atoms with Crippen molar-refractivity contribution in [2.45, 2.75) is 25.8 Å². The average molecular weight is 250 g/mol. The lowest BCUT2D eigenvalue weighted by molar-refractivity contribution is 0.198. The molecule has 1 fully saturated rings. The van der Waals surface area contributed by atoms with E-state index >= 15 is 0 Å². The van der Waals surface area contributed by atoms with Gasteiger partial charge in [0, 0.05) is 32.8 Å². The molecule has 5 nitrogen and oxygen atoms in total. The number of methoxy groups -OCH3 is 1. The largest absolute Gasteiger partial charge is 0.385 e. The van der Waals surface area contributed by atoms with Crippen molar-refractivity contribution in [1.29, 1.82) is 0 Å². The highest BCUT2D eigenvalue weighted by Crippen LogP contribution is 2.18. The van der Waals surface area contributed by atoms with Gasteiger partial charge >= 0.3 is 0 Å². The molecule has 1 saturated heterocycles. The standard InChI is InChI=1S/C10H22N2O3S/c1-9-8-12(5-4-10(9)11)16(13,14)7-3-6-15-2/h9-10H,3-8,11H2,1-2H3. The minimum atomic E-state index is -3.11. The Hall–Kier alpha value is -0.170. The van der Waals surface area contributed by atoms with Crippen molar-refractivity contribution in [2.24, 2.45) is 11.7 Å². The van der Waals surface area contributed by atoms with Crippen LogP contribution in [0.15, 0.2) is 0 Å². The first-order valence-corrected chi connectivity index (χ1v) is 7.30. The van der Waals surface area contributed by atoms with Crippen LogP contribution in [0.2, 0.25) is 0 Å². The number of nitrogens with two attached hydrogens (primary N) is 1.